The van der Waals surface area contributed by atoms with E-state index in [-0.39, 0.29) is 5.56 Å². The number of rotatable bonds is 3. The maximum absolute atomic E-state index is 11.5. The summed E-state index contributed by atoms with van der Waals surface area (Å²) in [7, 11) is 2.02. The summed E-state index contributed by atoms with van der Waals surface area (Å²) < 4.78 is 0. The molecule has 0 aliphatic carbocycles. The number of aromatic carboxylic acids is 1. The van der Waals surface area contributed by atoms with Gasteiger partial charge >= 0.3 is 5.97 Å². The van der Waals surface area contributed by atoms with Crippen molar-refractivity contribution in [2.24, 2.45) is 5.92 Å². The summed E-state index contributed by atoms with van der Waals surface area (Å²) in [4.78, 5) is 18.3. The lowest BCUT2D eigenvalue weighted by Gasteiger charge is -2.27. The number of pyridine rings is 1. The van der Waals surface area contributed by atoms with Crippen LogP contribution >= 0.6 is 0 Å². The van der Waals surface area contributed by atoms with E-state index in [1.807, 2.05) is 7.05 Å². The van der Waals surface area contributed by atoms with Crippen LogP contribution in [0.15, 0.2) is 0 Å². The molecule has 1 aliphatic heterocycles. The second-order valence-corrected chi connectivity index (χ2v) is 5.66. The van der Waals surface area contributed by atoms with E-state index < -0.39 is 5.97 Å². The van der Waals surface area contributed by atoms with E-state index in [1.165, 1.54) is 0 Å². The van der Waals surface area contributed by atoms with Gasteiger partial charge in [-0.3, -0.25) is 4.98 Å². The molecule has 0 amide bonds. The van der Waals surface area contributed by atoms with Gasteiger partial charge in [0.2, 0.25) is 0 Å². The fourth-order valence-electron chi connectivity index (χ4n) is 2.57. The minimum atomic E-state index is -0.939. The van der Waals surface area contributed by atoms with E-state index in [9.17, 15) is 9.90 Å². The van der Waals surface area contributed by atoms with Crippen LogP contribution in [-0.2, 0) is 19.4 Å². The third-order valence-electron chi connectivity index (χ3n) is 3.48. The highest BCUT2D eigenvalue weighted by atomic mass is 16.4. The van der Waals surface area contributed by atoms with Gasteiger partial charge in [0.25, 0.3) is 0 Å². The van der Waals surface area contributed by atoms with Gasteiger partial charge in [-0.15, -0.1) is 0 Å². The maximum Gasteiger partial charge on any atom is 0.338 e. The minimum absolute atomic E-state index is 0.272. The molecule has 0 radical (unpaired) electrons. The summed E-state index contributed by atoms with van der Waals surface area (Å²) in [5.41, 5.74) is 9.07. The fraction of sp³-hybridized carbons (Fsp3) is 0.571. The SMILES string of the molecule is CC(C)Cc1nc2c(c(C(=O)O)c1N)CCN(C)C2. The number of carbonyl (C=O) groups is 1. The Morgan fingerprint density at radius 2 is 2.21 bits per heavy atom. The molecule has 0 saturated heterocycles. The van der Waals surface area contributed by atoms with E-state index in [0.29, 0.717) is 31.0 Å². The normalized spacial score (nSPS) is 15.6. The van der Waals surface area contributed by atoms with Crippen LogP contribution in [0.2, 0.25) is 0 Å². The lowest BCUT2D eigenvalue weighted by Crippen LogP contribution is -2.30. The molecule has 19 heavy (non-hydrogen) atoms. The van der Waals surface area contributed by atoms with Crippen LogP contribution in [0.4, 0.5) is 5.69 Å². The third-order valence-corrected chi connectivity index (χ3v) is 3.48. The van der Waals surface area contributed by atoms with Gasteiger partial charge in [-0.05, 0) is 31.4 Å². The van der Waals surface area contributed by atoms with Gasteiger partial charge < -0.3 is 15.7 Å². The average molecular weight is 263 g/mol. The molecule has 1 aromatic rings. The van der Waals surface area contributed by atoms with Crippen LogP contribution in [0.5, 0.6) is 0 Å². The predicted octanol–water partition coefficient (Wildman–Crippen LogP) is 1.55. The number of likely N-dealkylation sites (N-methyl/N-ethyl adjacent to an activating group) is 1. The van der Waals surface area contributed by atoms with Crippen molar-refractivity contribution in [1.29, 1.82) is 0 Å². The number of carboxylic acid groups (broad SMARTS) is 1. The molecule has 0 saturated carbocycles. The zero-order chi connectivity index (χ0) is 14.2. The summed E-state index contributed by atoms with van der Waals surface area (Å²) in [6, 6.07) is 0. The number of anilines is 1. The minimum Gasteiger partial charge on any atom is -0.478 e. The average Bonchev–Trinajstić information content (AvgIpc) is 2.29. The van der Waals surface area contributed by atoms with Crippen molar-refractivity contribution in [2.75, 3.05) is 19.3 Å². The quantitative estimate of drug-likeness (QED) is 0.865. The molecule has 0 spiro atoms. The summed E-state index contributed by atoms with van der Waals surface area (Å²) >= 11 is 0. The first-order chi connectivity index (χ1) is 8.90. The summed E-state index contributed by atoms with van der Waals surface area (Å²) in [5.74, 6) is -0.540. The first-order valence-corrected chi connectivity index (χ1v) is 6.62. The van der Waals surface area contributed by atoms with Crippen molar-refractivity contribution in [2.45, 2.75) is 33.2 Å². The van der Waals surface area contributed by atoms with Crippen molar-refractivity contribution < 1.29 is 9.90 Å². The molecule has 2 heterocycles. The van der Waals surface area contributed by atoms with E-state index in [0.717, 1.165) is 23.5 Å². The van der Waals surface area contributed by atoms with Gasteiger partial charge in [0.1, 0.15) is 0 Å². The highest BCUT2D eigenvalue weighted by Gasteiger charge is 2.26. The van der Waals surface area contributed by atoms with Crippen molar-refractivity contribution in [3.63, 3.8) is 0 Å². The number of nitrogen functional groups attached to an aromatic ring is 1. The van der Waals surface area contributed by atoms with Crippen LogP contribution in [-0.4, -0.2) is 34.6 Å². The zero-order valence-electron chi connectivity index (χ0n) is 11.7. The Morgan fingerprint density at radius 1 is 1.53 bits per heavy atom. The fourth-order valence-corrected chi connectivity index (χ4v) is 2.57. The van der Waals surface area contributed by atoms with E-state index in [4.69, 9.17) is 5.73 Å². The molecule has 0 unspecified atom stereocenters. The molecule has 0 atom stereocenters. The monoisotopic (exact) mass is 263 g/mol. The Morgan fingerprint density at radius 3 is 2.79 bits per heavy atom. The van der Waals surface area contributed by atoms with Crippen LogP contribution < -0.4 is 5.73 Å². The Hall–Kier alpha value is -1.62. The molecule has 0 fully saturated rings. The van der Waals surface area contributed by atoms with E-state index >= 15 is 0 Å². The topological polar surface area (TPSA) is 79.4 Å². The van der Waals surface area contributed by atoms with Crippen molar-refractivity contribution in [1.82, 2.24) is 9.88 Å². The molecule has 0 bridgehead atoms. The Kier molecular flexibility index (Phi) is 3.75. The second kappa shape index (κ2) is 5.17. The predicted molar refractivity (Wildman–Crippen MR) is 74.2 cm³/mol. The zero-order valence-corrected chi connectivity index (χ0v) is 11.7. The molecule has 104 valence electrons. The number of hydrogen-bond acceptors (Lipinski definition) is 4. The lowest BCUT2D eigenvalue weighted by molar-refractivity contribution is 0.0695. The number of fused-ring (bicyclic) bond motifs is 1. The molecule has 1 aromatic heterocycles. The van der Waals surface area contributed by atoms with Gasteiger partial charge in [0.05, 0.1) is 22.6 Å². The van der Waals surface area contributed by atoms with Gasteiger partial charge in [-0.25, -0.2) is 4.79 Å². The molecule has 2 rings (SSSR count). The summed E-state index contributed by atoms with van der Waals surface area (Å²) in [5, 5.41) is 9.42. The van der Waals surface area contributed by atoms with Crippen LogP contribution in [0.1, 0.15) is 41.2 Å². The molecule has 3 N–H and O–H groups in total. The molecule has 5 nitrogen and oxygen atoms in total. The van der Waals surface area contributed by atoms with Crippen molar-refractivity contribution >= 4 is 11.7 Å². The van der Waals surface area contributed by atoms with Gasteiger partial charge in [0.15, 0.2) is 0 Å². The number of carboxylic acids is 1. The first kappa shape index (κ1) is 13.8. The smallest absolute Gasteiger partial charge is 0.338 e. The molecule has 5 heteroatoms. The molecular weight excluding hydrogens is 242 g/mol. The largest absolute Gasteiger partial charge is 0.478 e. The molecular formula is C14H21N3O2. The number of nitrogens with two attached hydrogens (primary N) is 1. The molecule has 1 aliphatic rings. The molecule has 0 aromatic carbocycles. The van der Waals surface area contributed by atoms with Crippen molar-refractivity contribution in [3.05, 3.63) is 22.5 Å². The van der Waals surface area contributed by atoms with Crippen LogP contribution in [0, 0.1) is 5.92 Å². The Balaban J connectivity index is 2.57. The number of aromatic nitrogens is 1. The standard InChI is InChI=1S/C14H21N3O2/c1-8(2)6-10-13(15)12(14(18)19)9-4-5-17(3)7-11(9)16-10/h8H,4-7,15H2,1-3H3,(H,18,19). The highest BCUT2D eigenvalue weighted by Crippen LogP contribution is 2.28. The second-order valence-electron chi connectivity index (χ2n) is 5.66. The van der Waals surface area contributed by atoms with Gasteiger partial charge in [0, 0.05) is 13.1 Å². The highest BCUT2D eigenvalue weighted by molar-refractivity contribution is 5.96. The first-order valence-electron chi connectivity index (χ1n) is 6.62. The lowest BCUT2D eigenvalue weighted by atomic mass is 9.94. The summed E-state index contributed by atoms with van der Waals surface area (Å²) in [6.45, 7) is 5.69. The number of nitrogens with zero attached hydrogens (tertiary/aromatic N) is 2. The van der Waals surface area contributed by atoms with Crippen LogP contribution in [0.3, 0.4) is 0 Å². The Bertz CT molecular complexity index is 512. The van der Waals surface area contributed by atoms with Crippen LogP contribution in [0.25, 0.3) is 0 Å². The summed E-state index contributed by atoms with van der Waals surface area (Å²) in [6.07, 6.45) is 1.41. The van der Waals surface area contributed by atoms with E-state index in [2.05, 4.69) is 23.7 Å². The van der Waals surface area contributed by atoms with Gasteiger partial charge in [-0.2, -0.15) is 0 Å². The Labute approximate surface area is 113 Å². The van der Waals surface area contributed by atoms with Crippen molar-refractivity contribution in [3.8, 4) is 0 Å². The van der Waals surface area contributed by atoms with Gasteiger partial charge in [-0.1, -0.05) is 13.8 Å². The third kappa shape index (κ3) is 2.71. The van der Waals surface area contributed by atoms with E-state index in [1.54, 1.807) is 0 Å². The number of hydrogen-bond donors (Lipinski definition) is 2. The maximum atomic E-state index is 11.5.